The first-order chi connectivity index (χ1) is 10.7. The van der Waals surface area contributed by atoms with Crippen molar-refractivity contribution in [2.75, 3.05) is 6.61 Å². The highest BCUT2D eigenvalue weighted by Gasteiger charge is 2.43. The minimum atomic E-state index is -1.26. The van der Waals surface area contributed by atoms with E-state index in [9.17, 15) is 14.7 Å². The van der Waals surface area contributed by atoms with Gasteiger partial charge in [0.2, 0.25) is 5.60 Å². The molecule has 1 N–H and O–H groups in total. The fraction of sp³-hybridized carbons (Fsp3) is 0.529. The maximum Gasteiger partial charge on any atom is 0.516 e. The van der Waals surface area contributed by atoms with E-state index >= 15 is 0 Å². The van der Waals surface area contributed by atoms with Crippen molar-refractivity contribution in [2.45, 2.75) is 53.1 Å². The van der Waals surface area contributed by atoms with E-state index in [2.05, 4.69) is 4.74 Å². The van der Waals surface area contributed by atoms with Crippen LogP contribution >= 0.6 is 0 Å². The summed E-state index contributed by atoms with van der Waals surface area (Å²) in [6, 6.07) is 0. The highest BCUT2D eigenvalue weighted by Crippen LogP contribution is 2.43. The van der Waals surface area contributed by atoms with E-state index in [4.69, 9.17) is 9.47 Å². The Morgan fingerprint density at radius 2 is 1.87 bits per heavy atom. The minimum absolute atomic E-state index is 0.128. The van der Waals surface area contributed by atoms with Crippen LogP contribution in [0.1, 0.15) is 42.5 Å². The van der Waals surface area contributed by atoms with Gasteiger partial charge in [0.15, 0.2) is 0 Å². The van der Waals surface area contributed by atoms with Crippen LogP contribution in [-0.2, 0) is 20.7 Å². The number of hydrogen-bond donors (Lipinski definition) is 1. The molecular weight excluding hydrogens is 300 g/mol. The number of aromatic hydroxyl groups is 1. The van der Waals surface area contributed by atoms with Crippen molar-refractivity contribution >= 4 is 12.1 Å². The number of ether oxygens (including phenoxy) is 3. The first-order valence-electron chi connectivity index (χ1n) is 7.61. The van der Waals surface area contributed by atoms with Crippen LogP contribution in [0.5, 0.6) is 11.5 Å². The number of carbonyl (C=O) groups excluding carboxylic acids is 2. The topological polar surface area (TPSA) is 82.1 Å². The molecule has 0 bridgehead atoms. The third kappa shape index (κ3) is 2.98. The second-order valence-corrected chi connectivity index (χ2v) is 5.94. The van der Waals surface area contributed by atoms with Gasteiger partial charge in [0.25, 0.3) is 0 Å². The molecule has 1 aliphatic heterocycles. The number of benzene rings is 1. The first-order valence-corrected chi connectivity index (χ1v) is 7.61. The number of fused-ring (bicyclic) bond motifs is 1. The quantitative estimate of drug-likeness (QED) is 0.665. The van der Waals surface area contributed by atoms with Crippen LogP contribution in [0.2, 0.25) is 0 Å². The van der Waals surface area contributed by atoms with E-state index < -0.39 is 17.7 Å². The fourth-order valence-corrected chi connectivity index (χ4v) is 2.72. The normalized spacial score (nSPS) is 19.5. The molecule has 0 aliphatic carbocycles. The van der Waals surface area contributed by atoms with Crippen molar-refractivity contribution in [3.05, 3.63) is 22.3 Å². The van der Waals surface area contributed by atoms with Crippen molar-refractivity contribution in [1.82, 2.24) is 0 Å². The summed E-state index contributed by atoms with van der Waals surface area (Å²) in [7, 11) is 0. The molecule has 0 radical (unpaired) electrons. The zero-order valence-corrected chi connectivity index (χ0v) is 14.1. The van der Waals surface area contributed by atoms with Crippen molar-refractivity contribution in [3.63, 3.8) is 0 Å². The van der Waals surface area contributed by atoms with Gasteiger partial charge in [-0.2, -0.15) is 0 Å². The SMILES string of the molecule is CCOC(=O)OC(=O)[C@]1(C)CCc2c(C)c(O)c(C)c(C)c2O1. The maximum absolute atomic E-state index is 12.3. The molecule has 0 unspecified atom stereocenters. The number of esters is 1. The third-order valence-electron chi connectivity index (χ3n) is 4.39. The van der Waals surface area contributed by atoms with Crippen LogP contribution in [0.4, 0.5) is 4.79 Å². The Morgan fingerprint density at radius 3 is 2.48 bits per heavy atom. The average Bonchev–Trinajstić information content (AvgIpc) is 2.51. The van der Waals surface area contributed by atoms with E-state index in [0.29, 0.717) is 24.2 Å². The van der Waals surface area contributed by atoms with Gasteiger partial charge in [-0.15, -0.1) is 0 Å². The summed E-state index contributed by atoms with van der Waals surface area (Å²) in [6.45, 7) is 8.80. The third-order valence-corrected chi connectivity index (χ3v) is 4.39. The molecule has 0 fully saturated rings. The molecule has 0 saturated heterocycles. The highest BCUT2D eigenvalue weighted by atomic mass is 16.7. The number of hydrogen-bond acceptors (Lipinski definition) is 6. The zero-order valence-electron chi connectivity index (χ0n) is 14.1. The molecule has 2 rings (SSSR count). The Kier molecular flexibility index (Phi) is 4.54. The second kappa shape index (κ2) is 6.10. The summed E-state index contributed by atoms with van der Waals surface area (Å²) in [6.07, 6.45) is -0.131. The Bertz CT molecular complexity index is 664. The molecule has 0 saturated carbocycles. The van der Waals surface area contributed by atoms with Gasteiger partial charge >= 0.3 is 12.1 Å². The molecule has 0 spiro atoms. The predicted octanol–water partition coefficient (Wildman–Crippen LogP) is 3.10. The van der Waals surface area contributed by atoms with Crippen LogP contribution in [0.3, 0.4) is 0 Å². The van der Waals surface area contributed by atoms with Gasteiger partial charge in [0.05, 0.1) is 6.61 Å². The second-order valence-electron chi connectivity index (χ2n) is 5.94. The molecule has 1 atom stereocenters. The fourth-order valence-electron chi connectivity index (χ4n) is 2.72. The number of carbonyl (C=O) groups is 2. The monoisotopic (exact) mass is 322 g/mol. The Morgan fingerprint density at radius 1 is 1.22 bits per heavy atom. The lowest BCUT2D eigenvalue weighted by Crippen LogP contribution is -2.46. The van der Waals surface area contributed by atoms with Gasteiger partial charge in [-0.1, -0.05) is 0 Å². The summed E-state index contributed by atoms with van der Waals surface area (Å²) in [4.78, 5) is 23.6. The number of phenols is 1. The molecule has 0 aromatic heterocycles. The lowest BCUT2D eigenvalue weighted by molar-refractivity contribution is -0.157. The van der Waals surface area contributed by atoms with Gasteiger partial charge in [-0.25, -0.2) is 9.59 Å². The number of phenolic OH excluding ortho intramolecular Hbond substituents is 1. The van der Waals surface area contributed by atoms with E-state index in [-0.39, 0.29) is 12.4 Å². The average molecular weight is 322 g/mol. The van der Waals surface area contributed by atoms with Crippen LogP contribution in [-0.4, -0.2) is 29.4 Å². The van der Waals surface area contributed by atoms with Crippen molar-refractivity contribution in [2.24, 2.45) is 0 Å². The largest absolute Gasteiger partial charge is 0.516 e. The summed E-state index contributed by atoms with van der Waals surface area (Å²) < 4.78 is 15.2. The Labute approximate surface area is 135 Å². The standard InChI is InChI=1S/C17H22O6/c1-6-21-16(20)22-15(19)17(5)8-7-12-11(4)13(18)9(2)10(3)14(12)23-17/h18H,6-8H2,1-5H3/t17-/m0/s1. The molecule has 6 nitrogen and oxygen atoms in total. The minimum Gasteiger partial charge on any atom is -0.507 e. The molecule has 126 valence electrons. The van der Waals surface area contributed by atoms with E-state index in [1.165, 1.54) is 0 Å². The molecule has 23 heavy (non-hydrogen) atoms. The van der Waals surface area contributed by atoms with Crippen LogP contribution in [0, 0.1) is 20.8 Å². The molecule has 1 heterocycles. The predicted molar refractivity (Wildman–Crippen MR) is 82.8 cm³/mol. The zero-order chi connectivity index (χ0) is 17.4. The summed E-state index contributed by atoms with van der Waals surface area (Å²) in [5.74, 6) is 0.0549. The van der Waals surface area contributed by atoms with E-state index in [1.54, 1.807) is 20.8 Å². The summed E-state index contributed by atoms with van der Waals surface area (Å²) in [5.41, 5.74) is 1.86. The summed E-state index contributed by atoms with van der Waals surface area (Å²) >= 11 is 0. The lowest BCUT2D eigenvalue weighted by Gasteiger charge is -2.35. The molecule has 0 amide bonds. The molecule has 1 aromatic rings. The lowest BCUT2D eigenvalue weighted by atomic mass is 9.87. The Hall–Kier alpha value is -2.24. The molecule has 1 aromatic carbocycles. The summed E-state index contributed by atoms with van der Waals surface area (Å²) in [5, 5.41) is 10.2. The smallest absolute Gasteiger partial charge is 0.507 e. The molecule has 6 heteroatoms. The van der Waals surface area contributed by atoms with Gasteiger partial charge in [0.1, 0.15) is 11.5 Å². The van der Waals surface area contributed by atoms with Crippen LogP contribution in [0.25, 0.3) is 0 Å². The van der Waals surface area contributed by atoms with Crippen LogP contribution in [0.15, 0.2) is 0 Å². The van der Waals surface area contributed by atoms with E-state index in [0.717, 1.165) is 16.7 Å². The van der Waals surface area contributed by atoms with Gasteiger partial charge in [-0.3, -0.25) is 0 Å². The van der Waals surface area contributed by atoms with E-state index in [1.807, 2.05) is 13.8 Å². The molecular formula is C17H22O6. The van der Waals surface area contributed by atoms with Gasteiger partial charge in [-0.05, 0) is 57.7 Å². The highest BCUT2D eigenvalue weighted by molar-refractivity contribution is 5.88. The van der Waals surface area contributed by atoms with Crippen molar-refractivity contribution in [3.8, 4) is 11.5 Å². The van der Waals surface area contributed by atoms with Crippen LogP contribution < -0.4 is 4.74 Å². The Balaban J connectivity index is 2.32. The van der Waals surface area contributed by atoms with Crippen molar-refractivity contribution < 1.29 is 28.9 Å². The van der Waals surface area contributed by atoms with Crippen molar-refractivity contribution in [1.29, 1.82) is 0 Å². The maximum atomic E-state index is 12.3. The number of rotatable bonds is 2. The molecule has 1 aliphatic rings. The van der Waals surface area contributed by atoms with Gasteiger partial charge < -0.3 is 19.3 Å². The first kappa shape index (κ1) is 17.1. The van der Waals surface area contributed by atoms with Gasteiger partial charge in [0, 0.05) is 12.0 Å².